The molecule has 0 radical (unpaired) electrons. The maximum atomic E-state index is 13.6. The molecule has 3 heterocycles. The molecule has 2 atom stereocenters. The van der Waals surface area contributed by atoms with Gasteiger partial charge in [0.05, 0.1) is 30.1 Å². The fraction of sp³-hybridized carbons (Fsp3) is 0.231. The van der Waals surface area contributed by atoms with Crippen LogP contribution in [0.4, 0.5) is 5.69 Å². The fourth-order valence-corrected chi connectivity index (χ4v) is 5.10. The van der Waals surface area contributed by atoms with E-state index in [9.17, 15) is 4.79 Å². The van der Waals surface area contributed by atoms with Crippen molar-refractivity contribution in [3.05, 3.63) is 87.9 Å². The van der Waals surface area contributed by atoms with Crippen LogP contribution in [-0.4, -0.2) is 23.7 Å². The van der Waals surface area contributed by atoms with Gasteiger partial charge in [0.2, 0.25) is 0 Å². The minimum atomic E-state index is -1.42. The third-order valence-electron chi connectivity index (χ3n) is 6.66. The smallest absolute Gasteiger partial charge is 0.306 e. The predicted molar refractivity (Wildman–Crippen MR) is 127 cm³/mol. The number of halogens is 1. The molecule has 1 N–H and O–H groups in total. The monoisotopic (exact) mass is 459 g/mol. The molecule has 6 rings (SSSR count). The van der Waals surface area contributed by atoms with E-state index in [2.05, 4.69) is 12.2 Å². The predicted octanol–water partition coefficient (Wildman–Crippen LogP) is 5.26. The quantitative estimate of drug-likeness (QED) is 0.580. The Morgan fingerprint density at radius 1 is 1.21 bits per heavy atom. The SMILES string of the molecule is CCc1ccc2c(c1)[C@@]1(Oc3c(OC)cccc3[C@H]3CC(c4ccc(Cl)cc4)=NN31)C(=O)N2. The van der Waals surface area contributed by atoms with Crippen molar-refractivity contribution in [1.29, 1.82) is 0 Å². The number of hydrogen-bond acceptors (Lipinski definition) is 5. The summed E-state index contributed by atoms with van der Waals surface area (Å²) < 4.78 is 12.2. The Morgan fingerprint density at radius 2 is 2.03 bits per heavy atom. The lowest BCUT2D eigenvalue weighted by molar-refractivity contribution is -0.161. The summed E-state index contributed by atoms with van der Waals surface area (Å²) in [4.78, 5) is 13.6. The van der Waals surface area contributed by atoms with Crippen LogP contribution >= 0.6 is 11.6 Å². The number of aryl methyl sites for hydroxylation is 1. The van der Waals surface area contributed by atoms with Crippen molar-refractivity contribution in [1.82, 2.24) is 5.01 Å². The number of anilines is 1. The van der Waals surface area contributed by atoms with Gasteiger partial charge in [-0.2, -0.15) is 5.10 Å². The van der Waals surface area contributed by atoms with Gasteiger partial charge in [0.1, 0.15) is 0 Å². The second kappa shape index (κ2) is 7.25. The van der Waals surface area contributed by atoms with Gasteiger partial charge in [-0.3, -0.25) is 4.79 Å². The molecule has 33 heavy (non-hydrogen) atoms. The van der Waals surface area contributed by atoms with E-state index in [0.29, 0.717) is 22.9 Å². The Hall–Kier alpha value is -3.51. The van der Waals surface area contributed by atoms with Crippen LogP contribution in [0.1, 0.15) is 41.6 Å². The first-order chi connectivity index (χ1) is 16.0. The van der Waals surface area contributed by atoms with Crippen LogP contribution in [0.25, 0.3) is 0 Å². The number of hydrazone groups is 1. The molecule has 0 aliphatic carbocycles. The van der Waals surface area contributed by atoms with Gasteiger partial charge in [-0.05, 0) is 47.9 Å². The maximum Gasteiger partial charge on any atom is 0.306 e. The first-order valence-electron chi connectivity index (χ1n) is 11.0. The van der Waals surface area contributed by atoms with Gasteiger partial charge >= 0.3 is 5.72 Å². The summed E-state index contributed by atoms with van der Waals surface area (Å²) in [6.07, 6.45) is 1.48. The molecule has 0 saturated carbocycles. The zero-order valence-corrected chi connectivity index (χ0v) is 19.0. The Bertz CT molecular complexity index is 1320. The van der Waals surface area contributed by atoms with E-state index >= 15 is 0 Å². The van der Waals surface area contributed by atoms with Crippen LogP contribution in [-0.2, 0) is 16.9 Å². The number of fused-ring (bicyclic) bond motifs is 6. The molecule has 3 aromatic carbocycles. The van der Waals surface area contributed by atoms with Crippen molar-refractivity contribution in [3.8, 4) is 11.5 Å². The molecule has 3 aliphatic heterocycles. The molecule has 1 spiro atoms. The van der Waals surface area contributed by atoms with Crippen molar-refractivity contribution < 1.29 is 14.3 Å². The summed E-state index contributed by atoms with van der Waals surface area (Å²) in [6.45, 7) is 2.09. The second-order valence-electron chi connectivity index (χ2n) is 8.43. The fourth-order valence-electron chi connectivity index (χ4n) is 4.98. The lowest BCUT2D eigenvalue weighted by Crippen LogP contribution is -2.55. The van der Waals surface area contributed by atoms with Crippen LogP contribution in [0.2, 0.25) is 5.02 Å². The van der Waals surface area contributed by atoms with Crippen molar-refractivity contribution in [2.45, 2.75) is 31.5 Å². The van der Waals surface area contributed by atoms with Crippen LogP contribution in [0.5, 0.6) is 11.5 Å². The lowest BCUT2D eigenvalue weighted by atomic mass is 9.91. The van der Waals surface area contributed by atoms with Gasteiger partial charge in [-0.1, -0.05) is 48.9 Å². The zero-order chi connectivity index (χ0) is 22.7. The summed E-state index contributed by atoms with van der Waals surface area (Å²) in [6, 6.07) is 19.3. The average molecular weight is 460 g/mol. The summed E-state index contributed by atoms with van der Waals surface area (Å²) in [5, 5.41) is 10.5. The molecule has 3 aromatic rings. The number of ether oxygens (including phenoxy) is 2. The summed E-state index contributed by atoms with van der Waals surface area (Å²) >= 11 is 6.11. The van der Waals surface area contributed by atoms with Gasteiger partial charge < -0.3 is 14.8 Å². The van der Waals surface area contributed by atoms with Crippen molar-refractivity contribution in [2.75, 3.05) is 12.4 Å². The number of rotatable bonds is 3. The zero-order valence-electron chi connectivity index (χ0n) is 18.3. The van der Waals surface area contributed by atoms with Crippen LogP contribution in [0, 0.1) is 0 Å². The highest BCUT2D eigenvalue weighted by molar-refractivity contribution is 6.30. The Morgan fingerprint density at radius 3 is 2.79 bits per heavy atom. The van der Waals surface area contributed by atoms with Gasteiger partial charge in [0.15, 0.2) is 11.5 Å². The second-order valence-corrected chi connectivity index (χ2v) is 8.87. The number of carbonyl (C=O) groups excluding carboxylic acids is 1. The van der Waals surface area contributed by atoms with Gasteiger partial charge in [-0.15, -0.1) is 0 Å². The third-order valence-corrected chi connectivity index (χ3v) is 6.91. The van der Waals surface area contributed by atoms with Crippen molar-refractivity contribution >= 4 is 28.9 Å². The van der Waals surface area contributed by atoms with Gasteiger partial charge in [-0.25, -0.2) is 5.01 Å². The molecular weight excluding hydrogens is 438 g/mol. The molecular formula is C26H22ClN3O3. The maximum absolute atomic E-state index is 13.6. The number of nitrogens with one attached hydrogen (secondary N) is 1. The number of amides is 1. The first-order valence-corrected chi connectivity index (χ1v) is 11.4. The molecule has 3 aliphatic rings. The highest BCUT2D eigenvalue weighted by Gasteiger charge is 2.61. The third kappa shape index (κ3) is 2.80. The van der Waals surface area contributed by atoms with E-state index in [0.717, 1.165) is 40.1 Å². The Kier molecular flexibility index (Phi) is 4.42. The average Bonchev–Trinajstić information content (AvgIpc) is 3.40. The number of methoxy groups -OCH3 is 1. The Balaban J connectivity index is 1.59. The highest BCUT2D eigenvalue weighted by Crippen LogP contribution is 2.56. The van der Waals surface area contributed by atoms with Gasteiger partial charge in [0.25, 0.3) is 5.91 Å². The molecule has 6 nitrogen and oxygen atoms in total. The van der Waals surface area contributed by atoms with E-state index in [1.54, 1.807) is 7.11 Å². The number of hydrogen-bond donors (Lipinski definition) is 1. The number of nitrogens with zero attached hydrogens (tertiary/aromatic N) is 2. The summed E-state index contributed by atoms with van der Waals surface area (Å²) in [5.41, 5.74) is 4.01. The van der Waals surface area contributed by atoms with Crippen molar-refractivity contribution in [3.63, 3.8) is 0 Å². The minimum Gasteiger partial charge on any atom is -0.493 e. The topological polar surface area (TPSA) is 63.2 Å². The van der Waals surface area contributed by atoms with E-state index in [1.165, 1.54) is 0 Å². The molecule has 0 saturated heterocycles. The standard InChI is InChI=1S/C26H22ClN3O3/c1-3-15-7-12-20-19(13-15)26(25(31)28-20)30-22(18-5-4-6-23(32-2)24(18)33-26)14-21(29-30)16-8-10-17(27)11-9-16/h4-13,22H,3,14H2,1-2H3,(H,28,31)/t22-,26-/m1/s1. The first kappa shape index (κ1) is 20.1. The van der Waals surface area contributed by atoms with E-state index in [1.807, 2.05) is 65.7 Å². The normalized spacial score (nSPS) is 22.3. The minimum absolute atomic E-state index is 0.184. The number of para-hydroxylation sites is 1. The van der Waals surface area contributed by atoms with E-state index in [4.69, 9.17) is 26.2 Å². The van der Waals surface area contributed by atoms with Crippen LogP contribution in [0.15, 0.2) is 65.8 Å². The molecule has 0 unspecified atom stereocenters. The number of benzene rings is 3. The Labute approximate surface area is 196 Å². The molecule has 0 bridgehead atoms. The van der Waals surface area contributed by atoms with Crippen LogP contribution < -0.4 is 14.8 Å². The highest BCUT2D eigenvalue weighted by atomic mass is 35.5. The molecule has 166 valence electrons. The van der Waals surface area contributed by atoms with Crippen molar-refractivity contribution in [2.24, 2.45) is 5.10 Å². The summed E-state index contributed by atoms with van der Waals surface area (Å²) in [7, 11) is 1.61. The molecule has 1 amide bonds. The summed E-state index contributed by atoms with van der Waals surface area (Å²) in [5.74, 6) is 0.923. The van der Waals surface area contributed by atoms with Crippen LogP contribution in [0.3, 0.4) is 0 Å². The lowest BCUT2D eigenvalue weighted by Gasteiger charge is -2.44. The molecule has 0 aromatic heterocycles. The van der Waals surface area contributed by atoms with E-state index in [-0.39, 0.29) is 11.9 Å². The van der Waals surface area contributed by atoms with E-state index < -0.39 is 5.72 Å². The molecule has 0 fully saturated rings. The van der Waals surface area contributed by atoms with Gasteiger partial charge in [0, 0.05) is 17.0 Å². The largest absolute Gasteiger partial charge is 0.493 e. The number of carbonyl (C=O) groups is 1. The molecule has 7 heteroatoms.